The van der Waals surface area contributed by atoms with Crippen LogP contribution in [0.25, 0.3) is 0 Å². The van der Waals surface area contributed by atoms with Gasteiger partial charge in [-0.2, -0.15) is 0 Å². The molecule has 0 heterocycles. The summed E-state index contributed by atoms with van der Waals surface area (Å²) >= 11 is 0. The lowest BCUT2D eigenvalue weighted by Crippen LogP contribution is -2.49. The summed E-state index contributed by atoms with van der Waals surface area (Å²) in [5.41, 5.74) is 0. The van der Waals surface area contributed by atoms with E-state index in [1.54, 1.807) is 61.2 Å². The molecular weight excluding hydrogens is 455 g/mol. The van der Waals surface area contributed by atoms with Crippen molar-refractivity contribution in [1.82, 2.24) is 0 Å². The molecule has 0 N–H and O–H groups in total. The highest BCUT2D eigenvalue weighted by Gasteiger charge is 2.55. The van der Waals surface area contributed by atoms with E-state index >= 15 is 0 Å². The van der Waals surface area contributed by atoms with Gasteiger partial charge in [0.2, 0.25) is 0 Å². The highest BCUT2D eigenvalue weighted by atomic mass is 31.2. The molecule has 0 fully saturated rings. The molecule has 0 radical (unpaired) electrons. The van der Waals surface area contributed by atoms with Crippen LogP contribution >= 0.6 is 7.82 Å². The third kappa shape index (κ3) is 11.1. The molecule has 0 aromatic carbocycles. The lowest BCUT2D eigenvalue weighted by molar-refractivity contribution is 0.0659. The number of hydrogen-bond acceptors (Lipinski definition) is 10. The first-order valence-corrected chi connectivity index (χ1v) is 18.2. The first-order valence-electron chi connectivity index (χ1n) is 10.0. The molecule has 0 saturated carbocycles. The van der Waals surface area contributed by atoms with Gasteiger partial charge < -0.3 is 26.6 Å². The van der Waals surface area contributed by atoms with Gasteiger partial charge in [-0.15, -0.1) is 0 Å². The molecule has 14 heteroatoms. The molecule has 0 aromatic heterocycles. The number of rotatable bonds is 18. The predicted octanol–water partition coefficient (Wildman–Crippen LogP) is 4.07. The minimum absolute atomic E-state index is 0.306. The van der Waals surface area contributed by atoms with Crippen LogP contribution in [-0.4, -0.2) is 66.1 Å². The van der Waals surface area contributed by atoms with Gasteiger partial charge in [-0.3, -0.25) is 12.6 Å². The SMILES string of the molecule is CCO[Si](C)(OCC)OP(=O)(O[Si](C)(OCC)OCC)O[Si](C)(OCC)OCC. The summed E-state index contributed by atoms with van der Waals surface area (Å²) in [4.78, 5) is 0. The molecule has 0 atom stereocenters. The Labute approximate surface area is 179 Å². The van der Waals surface area contributed by atoms with Crippen LogP contribution in [0.5, 0.6) is 0 Å². The Morgan fingerprint density at radius 1 is 0.483 bits per heavy atom. The average molecular weight is 495 g/mol. The summed E-state index contributed by atoms with van der Waals surface area (Å²) in [6.45, 7) is 17.5. The van der Waals surface area contributed by atoms with Crippen LogP contribution in [0.15, 0.2) is 0 Å². The van der Waals surface area contributed by atoms with E-state index in [9.17, 15) is 4.57 Å². The normalized spacial score (nSPS) is 13.8. The Balaban J connectivity index is 6.02. The van der Waals surface area contributed by atoms with Gasteiger partial charge in [0.1, 0.15) is 0 Å². The minimum Gasteiger partial charge on any atom is -0.374 e. The lowest BCUT2D eigenvalue weighted by Gasteiger charge is -2.36. The fourth-order valence-electron chi connectivity index (χ4n) is 2.52. The molecule has 0 aliphatic carbocycles. The van der Waals surface area contributed by atoms with E-state index in [0.717, 1.165) is 0 Å². The van der Waals surface area contributed by atoms with Gasteiger partial charge >= 0.3 is 34.2 Å². The summed E-state index contributed by atoms with van der Waals surface area (Å²) in [5, 5.41) is 0. The van der Waals surface area contributed by atoms with E-state index in [1.807, 2.05) is 0 Å². The molecule has 0 unspecified atom stereocenters. The quantitative estimate of drug-likeness (QED) is 0.205. The van der Waals surface area contributed by atoms with Crippen LogP contribution in [0, 0.1) is 0 Å². The second-order valence-electron chi connectivity index (χ2n) is 5.91. The highest BCUT2D eigenvalue weighted by Crippen LogP contribution is 2.56. The molecule has 0 aliphatic rings. The standard InChI is InChI=1S/C15H39O10PSi3/c1-10-17-27(7,18-11-2)23-26(16,24-28(8,19-12-3)20-13-4)25-29(9,21-14-5)22-15-6/h10-15H2,1-9H3. The third-order valence-electron chi connectivity index (χ3n) is 3.27. The summed E-state index contributed by atoms with van der Waals surface area (Å²) in [6.07, 6.45) is 0. The van der Waals surface area contributed by atoms with E-state index in [2.05, 4.69) is 0 Å². The fraction of sp³-hybridized carbons (Fsp3) is 1.00. The zero-order valence-electron chi connectivity index (χ0n) is 19.3. The molecule has 0 amide bonds. The zero-order chi connectivity index (χ0) is 22.6. The summed E-state index contributed by atoms with van der Waals surface area (Å²) in [6, 6.07) is 0. The molecule has 0 bridgehead atoms. The first-order chi connectivity index (χ1) is 13.5. The van der Waals surface area contributed by atoms with E-state index in [1.165, 1.54) is 0 Å². The van der Waals surface area contributed by atoms with Crippen LogP contribution in [0.2, 0.25) is 19.6 Å². The topological polar surface area (TPSA) is 100 Å². The Hall–Kier alpha value is 0.521. The third-order valence-corrected chi connectivity index (χ3v) is 14.8. The highest BCUT2D eigenvalue weighted by molar-refractivity contribution is 7.53. The Bertz CT molecular complexity index is 414. The van der Waals surface area contributed by atoms with Gasteiger partial charge in [0.15, 0.2) is 0 Å². The summed E-state index contributed by atoms with van der Waals surface area (Å²) < 4.78 is 65.4. The predicted molar refractivity (Wildman–Crippen MR) is 115 cm³/mol. The average Bonchev–Trinajstić information content (AvgIpc) is 2.54. The van der Waals surface area contributed by atoms with Gasteiger partial charge in [0.05, 0.1) is 0 Å². The molecule has 0 saturated heterocycles. The summed E-state index contributed by atoms with van der Waals surface area (Å²) in [5.74, 6) is 0. The maximum Gasteiger partial charge on any atom is 0.506 e. The van der Waals surface area contributed by atoms with E-state index in [4.69, 9.17) is 39.2 Å². The largest absolute Gasteiger partial charge is 0.506 e. The molecule has 29 heavy (non-hydrogen) atoms. The van der Waals surface area contributed by atoms with Crippen molar-refractivity contribution in [2.75, 3.05) is 39.6 Å². The van der Waals surface area contributed by atoms with Gasteiger partial charge in [0.25, 0.3) is 0 Å². The molecule has 176 valence electrons. The van der Waals surface area contributed by atoms with Crippen molar-refractivity contribution in [1.29, 1.82) is 0 Å². The van der Waals surface area contributed by atoms with Crippen molar-refractivity contribution in [3.8, 4) is 0 Å². The molecule has 10 nitrogen and oxygen atoms in total. The minimum atomic E-state index is -4.33. The van der Waals surface area contributed by atoms with Crippen molar-refractivity contribution in [2.24, 2.45) is 0 Å². The molecule has 0 aromatic rings. The van der Waals surface area contributed by atoms with Crippen LogP contribution in [0.4, 0.5) is 0 Å². The van der Waals surface area contributed by atoms with Gasteiger partial charge in [-0.25, -0.2) is 4.57 Å². The van der Waals surface area contributed by atoms with Crippen LogP contribution in [-0.2, 0) is 43.8 Å². The van der Waals surface area contributed by atoms with Crippen molar-refractivity contribution in [2.45, 2.75) is 61.2 Å². The number of hydrogen-bond donors (Lipinski definition) is 0. The van der Waals surface area contributed by atoms with Crippen molar-refractivity contribution in [3.63, 3.8) is 0 Å². The van der Waals surface area contributed by atoms with Crippen LogP contribution < -0.4 is 0 Å². The monoisotopic (exact) mass is 494 g/mol. The summed E-state index contributed by atoms with van der Waals surface area (Å²) in [7, 11) is -14.4. The van der Waals surface area contributed by atoms with E-state index in [-0.39, 0.29) is 0 Å². The van der Waals surface area contributed by atoms with Gasteiger partial charge in [-0.1, -0.05) is 0 Å². The Kier molecular flexibility index (Phi) is 14.1. The van der Waals surface area contributed by atoms with E-state index < -0.39 is 34.2 Å². The van der Waals surface area contributed by atoms with Crippen molar-refractivity contribution >= 4 is 34.2 Å². The van der Waals surface area contributed by atoms with Crippen LogP contribution in [0.1, 0.15) is 41.5 Å². The smallest absolute Gasteiger partial charge is 0.374 e. The fourth-order valence-corrected chi connectivity index (χ4v) is 13.5. The Morgan fingerprint density at radius 2 is 0.655 bits per heavy atom. The molecular formula is C15H39O10PSi3. The second kappa shape index (κ2) is 13.8. The van der Waals surface area contributed by atoms with Crippen LogP contribution in [0.3, 0.4) is 0 Å². The maximum absolute atomic E-state index is 13.9. The van der Waals surface area contributed by atoms with Crippen molar-refractivity contribution < 1.29 is 43.8 Å². The Morgan fingerprint density at radius 3 is 0.793 bits per heavy atom. The first kappa shape index (κ1) is 29.5. The zero-order valence-corrected chi connectivity index (χ0v) is 23.2. The van der Waals surface area contributed by atoms with E-state index in [0.29, 0.717) is 39.6 Å². The number of phosphoric acid groups is 1. The second-order valence-corrected chi connectivity index (χ2v) is 15.9. The van der Waals surface area contributed by atoms with Crippen molar-refractivity contribution in [3.05, 3.63) is 0 Å². The molecule has 0 spiro atoms. The molecule has 0 aliphatic heterocycles. The van der Waals surface area contributed by atoms with Gasteiger partial charge in [-0.05, 0) is 41.5 Å². The maximum atomic E-state index is 13.9. The lowest BCUT2D eigenvalue weighted by atomic mass is 10.9. The molecule has 0 rings (SSSR count). The van der Waals surface area contributed by atoms with Gasteiger partial charge in [0, 0.05) is 59.3 Å².